The molecule has 7 heavy (non-hydrogen) atoms. The van der Waals surface area contributed by atoms with Gasteiger partial charge in [-0.3, -0.25) is 4.79 Å². The molecule has 40 valence electrons. The first kappa shape index (κ1) is 5.29. The quantitative estimate of drug-likeness (QED) is 0.533. The lowest BCUT2D eigenvalue weighted by atomic mass is 10.3. The normalized spacial score (nSPS) is 38.0. The summed E-state index contributed by atoms with van der Waals surface area (Å²) in [5, 5.41) is 0. The van der Waals surface area contributed by atoms with Crippen molar-refractivity contribution in [1.82, 2.24) is 0 Å². The molecular weight excluding hydrogens is 156 g/mol. The lowest BCUT2D eigenvalue weighted by Gasteiger charge is -1.79. The highest BCUT2D eigenvalue weighted by Gasteiger charge is 2.38. The van der Waals surface area contributed by atoms with Crippen LogP contribution in [0, 0.1) is 5.92 Å². The summed E-state index contributed by atoms with van der Waals surface area (Å²) < 4.78 is 0. The standard InChI is InChI=1S/C5H7BrO/c1-3(7)4-2-5(4)6/h4-5H,2H2,1H3/t4-,5+/m0/s1. The first-order chi connectivity index (χ1) is 3.22. The molecule has 1 aliphatic carbocycles. The maximum atomic E-state index is 10.4. The number of carbonyl (C=O) groups excluding carboxylic acids is 1. The van der Waals surface area contributed by atoms with Gasteiger partial charge >= 0.3 is 0 Å². The van der Waals surface area contributed by atoms with Crippen LogP contribution in [0.5, 0.6) is 0 Å². The van der Waals surface area contributed by atoms with E-state index in [2.05, 4.69) is 15.9 Å². The zero-order valence-electron chi connectivity index (χ0n) is 4.15. The van der Waals surface area contributed by atoms with Crippen LogP contribution in [0.1, 0.15) is 13.3 Å². The number of alkyl halides is 1. The average molecular weight is 163 g/mol. The zero-order valence-corrected chi connectivity index (χ0v) is 5.73. The van der Waals surface area contributed by atoms with Gasteiger partial charge in [0.2, 0.25) is 0 Å². The van der Waals surface area contributed by atoms with Crippen LogP contribution < -0.4 is 0 Å². The van der Waals surface area contributed by atoms with Crippen molar-refractivity contribution >= 4 is 21.7 Å². The Bertz CT molecular complexity index is 100. The van der Waals surface area contributed by atoms with Gasteiger partial charge in [0.1, 0.15) is 5.78 Å². The van der Waals surface area contributed by atoms with E-state index in [1.807, 2.05) is 0 Å². The third kappa shape index (κ3) is 1.03. The van der Waals surface area contributed by atoms with E-state index < -0.39 is 0 Å². The van der Waals surface area contributed by atoms with Crippen molar-refractivity contribution in [2.45, 2.75) is 18.2 Å². The van der Waals surface area contributed by atoms with Crippen LogP contribution >= 0.6 is 15.9 Å². The second-order valence-electron chi connectivity index (χ2n) is 1.97. The highest BCUT2D eigenvalue weighted by atomic mass is 79.9. The van der Waals surface area contributed by atoms with Crippen molar-refractivity contribution in [1.29, 1.82) is 0 Å². The van der Waals surface area contributed by atoms with Gasteiger partial charge in [0.25, 0.3) is 0 Å². The predicted molar refractivity (Wildman–Crippen MR) is 31.5 cm³/mol. The number of hydrogen-bond acceptors (Lipinski definition) is 1. The molecule has 0 aromatic carbocycles. The third-order valence-electron chi connectivity index (χ3n) is 1.23. The molecule has 0 N–H and O–H groups in total. The van der Waals surface area contributed by atoms with Crippen molar-refractivity contribution < 1.29 is 4.79 Å². The molecule has 0 unspecified atom stereocenters. The van der Waals surface area contributed by atoms with Gasteiger partial charge in [-0.15, -0.1) is 0 Å². The Morgan fingerprint density at radius 2 is 2.29 bits per heavy atom. The molecule has 1 nitrogen and oxygen atoms in total. The van der Waals surface area contributed by atoms with E-state index in [9.17, 15) is 4.79 Å². The molecule has 0 saturated heterocycles. The predicted octanol–water partition coefficient (Wildman–Crippen LogP) is 1.36. The van der Waals surface area contributed by atoms with E-state index in [1.54, 1.807) is 6.92 Å². The second-order valence-corrected chi connectivity index (χ2v) is 3.14. The Labute approximate surface area is 51.2 Å². The molecule has 1 aliphatic rings. The van der Waals surface area contributed by atoms with Crippen molar-refractivity contribution in [3.8, 4) is 0 Å². The van der Waals surface area contributed by atoms with Gasteiger partial charge in [0.15, 0.2) is 0 Å². The van der Waals surface area contributed by atoms with E-state index >= 15 is 0 Å². The molecule has 2 atom stereocenters. The smallest absolute Gasteiger partial charge is 0.134 e. The first-order valence-electron chi connectivity index (χ1n) is 2.36. The van der Waals surface area contributed by atoms with Gasteiger partial charge in [-0.2, -0.15) is 0 Å². The van der Waals surface area contributed by atoms with Crippen molar-refractivity contribution in [3.63, 3.8) is 0 Å². The van der Waals surface area contributed by atoms with Crippen molar-refractivity contribution in [3.05, 3.63) is 0 Å². The molecule has 1 saturated carbocycles. The van der Waals surface area contributed by atoms with Gasteiger partial charge in [-0.05, 0) is 13.3 Å². The van der Waals surface area contributed by atoms with Crippen LogP contribution in [0.3, 0.4) is 0 Å². The Balaban J connectivity index is 2.33. The summed E-state index contributed by atoms with van der Waals surface area (Å²) >= 11 is 3.33. The second kappa shape index (κ2) is 1.58. The average Bonchev–Trinajstić information content (AvgIpc) is 2.17. The third-order valence-corrected chi connectivity index (χ3v) is 2.25. The molecule has 0 aliphatic heterocycles. The fraction of sp³-hybridized carbons (Fsp3) is 0.800. The Morgan fingerprint density at radius 3 is 2.29 bits per heavy atom. The first-order valence-corrected chi connectivity index (χ1v) is 3.28. The molecule has 0 aromatic rings. The fourth-order valence-corrected chi connectivity index (χ4v) is 1.36. The zero-order chi connectivity index (χ0) is 5.44. The summed E-state index contributed by atoms with van der Waals surface area (Å²) in [5.74, 6) is 0.668. The number of rotatable bonds is 1. The van der Waals surface area contributed by atoms with E-state index in [0.29, 0.717) is 16.5 Å². The highest BCUT2D eigenvalue weighted by Crippen LogP contribution is 2.37. The minimum Gasteiger partial charge on any atom is -0.300 e. The summed E-state index contributed by atoms with van der Waals surface area (Å²) in [4.78, 5) is 10.9. The van der Waals surface area contributed by atoms with Crippen LogP contribution in [0.15, 0.2) is 0 Å². The molecule has 0 spiro atoms. The minimum atomic E-state index is 0.321. The number of halogens is 1. The van der Waals surface area contributed by atoms with Gasteiger partial charge in [-0.1, -0.05) is 15.9 Å². The van der Waals surface area contributed by atoms with Crippen molar-refractivity contribution in [2.24, 2.45) is 5.92 Å². The van der Waals surface area contributed by atoms with Crippen LogP contribution in [-0.2, 0) is 4.79 Å². The molecule has 2 heteroatoms. The topological polar surface area (TPSA) is 17.1 Å². The van der Waals surface area contributed by atoms with Gasteiger partial charge in [0.05, 0.1) is 0 Å². The summed E-state index contributed by atoms with van der Waals surface area (Å²) in [5.41, 5.74) is 0. The maximum Gasteiger partial charge on any atom is 0.134 e. The molecule has 0 bridgehead atoms. The summed E-state index contributed by atoms with van der Waals surface area (Å²) in [6, 6.07) is 0. The summed E-state index contributed by atoms with van der Waals surface area (Å²) in [7, 11) is 0. The molecule has 0 amide bonds. The minimum absolute atomic E-state index is 0.321. The molecule has 0 radical (unpaired) electrons. The van der Waals surface area contributed by atoms with Crippen LogP contribution in [0.4, 0.5) is 0 Å². The lowest BCUT2D eigenvalue weighted by molar-refractivity contribution is -0.118. The Kier molecular flexibility index (Phi) is 1.20. The fourth-order valence-electron chi connectivity index (χ4n) is 0.585. The van der Waals surface area contributed by atoms with Crippen molar-refractivity contribution in [2.75, 3.05) is 0 Å². The van der Waals surface area contributed by atoms with E-state index in [-0.39, 0.29) is 0 Å². The van der Waals surface area contributed by atoms with Gasteiger partial charge in [0, 0.05) is 10.7 Å². The van der Waals surface area contributed by atoms with Crippen LogP contribution in [0.25, 0.3) is 0 Å². The number of Topliss-reactive ketones (excluding diaryl/α,β-unsaturated/α-hetero) is 1. The summed E-state index contributed by atoms with van der Waals surface area (Å²) in [6.45, 7) is 1.64. The molecule has 0 aromatic heterocycles. The Morgan fingerprint density at radius 1 is 1.86 bits per heavy atom. The largest absolute Gasteiger partial charge is 0.300 e. The maximum absolute atomic E-state index is 10.4. The molecule has 0 heterocycles. The van der Waals surface area contributed by atoms with E-state index in [1.165, 1.54) is 0 Å². The molecule has 1 fully saturated rings. The van der Waals surface area contributed by atoms with Gasteiger partial charge in [-0.25, -0.2) is 0 Å². The van der Waals surface area contributed by atoms with E-state index in [0.717, 1.165) is 6.42 Å². The number of hydrogen-bond donors (Lipinski definition) is 0. The summed E-state index contributed by atoms with van der Waals surface area (Å²) in [6.07, 6.45) is 1.05. The molecule has 1 rings (SSSR count). The van der Waals surface area contributed by atoms with Crippen LogP contribution in [-0.4, -0.2) is 10.6 Å². The highest BCUT2D eigenvalue weighted by molar-refractivity contribution is 9.09. The Hall–Kier alpha value is 0.150. The lowest BCUT2D eigenvalue weighted by Crippen LogP contribution is -1.92. The monoisotopic (exact) mass is 162 g/mol. The van der Waals surface area contributed by atoms with Crippen LogP contribution in [0.2, 0.25) is 0 Å². The number of carbonyl (C=O) groups is 1. The van der Waals surface area contributed by atoms with E-state index in [4.69, 9.17) is 0 Å². The van der Waals surface area contributed by atoms with Gasteiger partial charge < -0.3 is 0 Å². The number of ketones is 1. The molecular formula is C5H7BrO. The SMILES string of the molecule is CC(=O)[C@@H]1C[C@H]1Br.